The first-order valence-electron chi connectivity index (χ1n) is 11.5. The molecule has 3 heterocycles. The Morgan fingerprint density at radius 1 is 0.912 bits per heavy atom. The van der Waals surface area contributed by atoms with E-state index in [0.29, 0.717) is 23.0 Å². The lowest BCUT2D eigenvalue weighted by Crippen LogP contribution is -2.67. The van der Waals surface area contributed by atoms with Gasteiger partial charge in [0.1, 0.15) is 5.41 Å². The Hall–Kier alpha value is -3.02. The van der Waals surface area contributed by atoms with E-state index < -0.39 is 5.41 Å². The molecule has 0 N–H and O–H groups in total. The summed E-state index contributed by atoms with van der Waals surface area (Å²) in [6, 6.07) is 23.5. The maximum Gasteiger partial charge on any atom is 0.261 e. The zero-order chi connectivity index (χ0) is 23.4. The molecule has 0 aromatic heterocycles. The molecular formula is C27H24Cl2N4O. The van der Waals surface area contributed by atoms with E-state index in [4.69, 9.17) is 28.3 Å². The van der Waals surface area contributed by atoms with E-state index in [1.54, 1.807) is 5.01 Å². The van der Waals surface area contributed by atoms with Crippen LogP contribution in [0.3, 0.4) is 0 Å². The van der Waals surface area contributed by atoms with Gasteiger partial charge >= 0.3 is 0 Å². The van der Waals surface area contributed by atoms with Crippen molar-refractivity contribution in [2.45, 2.75) is 19.4 Å². The van der Waals surface area contributed by atoms with Crippen LogP contribution in [-0.4, -0.2) is 37.3 Å². The third-order valence-corrected chi connectivity index (χ3v) is 7.89. The summed E-state index contributed by atoms with van der Waals surface area (Å²) in [5.41, 5.74) is 4.21. The van der Waals surface area contributed by atoms with Crippen LogP contribution < -0.4 is 14.8 Å². The minimum absolute atomic E-state index is 0.0275. The Morgan fingerprint density at radius 3 is 2.47 bits per heavy atom. The molecule has 1 spiro atoms. The van der Waals surface area contributed by atoms with Crippen LogP contribution in [0.25, 0.3) is 0 Å². The molecule has 0 bridgehead atoms. The predicted molar refractivity (Wildman–Crippen MR) is 139 cm³/mol. The van der Waals surface area contributed by atoms with E-state index in [2.05, 4.69) is 21.9 Å². The topological polar surface area (TPSA) is 39.2 Å². The molecule has 0 radical (unpaired) electrons. The molecule has 3 aromatic rings. The minimum Gasteiger partial charge on any atom is -0.368 e. The Bertz CT molecular complexity index is 1310. The lowest BCUT2D eigenvalue weighted by molar-refractivity contribution is -0.125. The van der Waals surface area contributed by atoms with Gasteiger partial charge < -0.3 is 9.80 Å². The van der Waals surface area contributed by atoms with Crippen molar-refractivity contribution in [1.29, 1.82) is 0 Å². The molecule has 0 saturated carbocycles. The van der Waals surface area contributed by atoms with Gasteiger partial charge in [-0.05, 0) is 61.4 Å². The quantitative estimate of drug-likeness (QED) is 0.465. The molecule has 2 unspecified atom stereocenters. The smallest absolute Gasteiger partial charge is 0.261 e. The molecule has 5 nitrogen and oxygen atoms in total. The predicted octanol–water partition coefficient (Wildman–Crippen LogP) is 5.65. The SMILES string of the molecule is CC1=NN(c2ccccc2)C(=O)C12Cc1ccc(Cl)cc1N1CCN(c3cccc(Cl)c3)CC12. The largest absolute Gasteiger partial charge is 0.368 e. The van der Waals surface area contributed by atoms with Crippen molar-refractivity contribution in [3.8, 4) is 0 Å². The summed E-state index contributed by atoms with van der Waals surface area (Å²) in [6.07, 6.45) is 0.599. The summed E-state index contributed by atoms with van der Waals surface area (Å²) in [7, 11) is 0. The normalized spacial score (nSPS) is 23.7. The zero-order valence-electron chi connectivity index (χ0n) is 18.8. The van der Waals surface area contributed by atoms with Crippen LogP contribution in [0.2, 0.25) is 10.0 Å². The Kier molecular flexibility index (Phi) is 5.08. The van der Waals surface area contributed by atoms with Gasteiger partial charge in [-0.25, -0.2) is 0 Å². The van der Waals surface area contributed by atoms with E-state index in [1.165, 1.54) is 0 Å². The highest BCUT2D eigenvalue weighted by atomic mass is 35.5. The van der Waals surface area contributed by atoms with Crippen LogP contribution in [0, 0.1) is 5.41 Å². The summed E-state index contributed by atoms with van der Waals surface area (Å²) < 4.78 is 0. The average Bonchev–Trinajstić information content (AvgIpc) is 3.10. The molecule has 172 valence electrons. The first-order valence-corrected chi connectivity index (χ1v) is 12.2. The number of carbonyl (C=O) groups is 1. The van der Waals surface area contributed by atoms with Crippen molar-refractivity contribution < 1.29 is 4.79 Å². The lowest BCUT2D eigenvalue weighted by Gasteiger charge is -2.53. The van der Waals surface area contributed by atoms with Gasteiger partial charge in [-0.2, -0.15) is 10.1 Å². The molecule has 1 saturated heterocycles. The second kappa shape index (κ2) is 8.03. The van der Waals surface area contributed by atoms with Crippen LogP contribution in [0.5, 0.6) is 0 Å². The van der Waals surface area contributed by atoms with Crippen molar-refractivity contribution in [1.82, 2.24) is 0 Å². The van der Waals surface area contributed by atoms with Crippen LogP contribution in [0.4, 0.5) is 17.1 Å². The van der Waals surface area contributed by atoms with Gasteiger partial charge in [0, 0.05) is 41.1 Å². The molecule has 3 aromatic carbocycles. The fourth-order valence-electron chi connectivity index (χ4n) is 5.73. The summed E-state index contributed by atoms with van der Waals surface area (Å²) >= 11 is 12.7. The molecule has 6 rings (SSSR count). The van der Waals surface area contributed by atoms with Gasteiger partial charge in [0.15, 0.2) is 0 Å². The van der Waals surface area contributed by atoms with Crippen molar-refractivity contribution in [3.05, 3.63) is 88.4 Å². The fourth-order valence-corrected chi connectivity index (χ4v) is 6.08. The molecule has 34 heavy (non-hydrogen) atoms. The number of benzene rings is 3. The maximum atomic E-state index is 14.2. The molecular weight excluding hydrogens is 467 g/mol. The average molecular weight is 491 g/mol. The summed E-state index contributed by atoms with van der Waals surface area (Å²) in [4.78, 5) is 18.9. The number of carbonyl (C=O) groups excluding carboxylic acids is 1. The number of hydrazone groups is 1. The number of piperazine rings is 1. The molecule has 7 heteroatoms. The highest BCUT2D eigenvalue weighted by Gasteiger charge is 2.60. The van der Waals surface area contributed by atoms with Gasteiger partial charge in [0.2, 0.25) is 0 Å². The van der Waals surface area contributed by atoms with Gasteiger partial charge in [0.05, 0.1) is 17.4 Å². The van der Waals surface area contributed by atoms with Crippen LogP contribution in [0.15, 0.2) is 77.9 Å². The Morgan fingerprint density at radius 2 is 1.68 bits per heavy atom. The van der Waals surface area contributed by atoms with Gasteiger partial charge in [0.25, 0.3) is 5.91 Å². The zero-order valence-corrected chi connectivity index (χ0v) is 20.3. The molecule has 1 amide bonds. The molecule has 3 aliphatic heterocycles. The standard InChI is InChI=1S/C27H24Cl2N4O/c1-18-27(26(34)33(30-18)22-7-3-2-4-8-22)16-19-10-11-21(29)15-24(19)32-13-12-31(17-25(27)32)23-9-5-6-20(28)14-23/h2-11,14-15,25H,12-13,16-17H2,1H3. The number of hydrogen-bond donors (Lipinski definition) is 0. The summed E-state index contributed by atoms with van der Waals surface area (Å²) in [5, 5.41) is 7.82. The van der Waals surface area contributed by atoms with E-state index in [1.807, 2.05) is 67.6 Å². The van der Waals surface area contributed by atoms with E-state index in [0.717, 1.165) is 41.4 Å². The van der Waals surface area contributed by atoms with Gasteiger partial charge in [-0.1, -0.05) is 53.5 Å². The van der Waals surface area contributed by atoms with E-state index in [9.17, 15) is 4.79 Å². The number of hydrogen-bond acceptors (Lipinski definition) is 4. The highest BCUT2D eigenvalue weighted by molar-refractivity contribution is 6.31. The monoisotopic (exact) mass is 490 g/mol. The molecule has 2 atom stereocenters. The summed E-state index contributed by atoms with van der Waals surface area (Å²) in [6.45, 7) is 4.29. The maximum absolute atomic E-state index is 14.2. The van der Waals surface area contributed by atoms with E-state index in [-0.39, 0.29) is 11.9 Å². The van der Waals surface area contributed by atoms with E-state index >= 15 is 0 Å². The van der Waals surface area contributed by atoms with Crippen molar-refractivity contribution in [3.63, 3.8) is 0 Å². The second-order valence-corrected chi connectivity index (χ2v) is 10.1. The number of nitrogens with zero attached hydrogens (tertiary/aromatic N) is 4. The van der Waals surface area contributed by atoms with Crippen LogP contribution in [0.1, 0.15) is 12.5 Å². The first-order chi connectivity index (χ1) is 16.5. The third kappa shape index (κ3) is 3.22. The third-order valence-electron chi connectivity index (χ3n) is 7.42. The Balaban J connectivity index is 1.46. The number of fused-ring (bicyclic) bond motifs is 4. The minimum atomic E-state index is -0.756. The van der Waals surface area contributed by atoms with Crippen LogP contribution in [-0.2, 0) is 11.2 Å². The van der Waals surface area contributed by atoms with Crippen LogP contribution >= 0.6 is 23.2 Å². The fraction of sp³-hybridized carbons (Fsp3) is 0.259. The molecule has 1 fully saturated rings. The van der Waals surface area contributed by atoms with Gasteiger partial charge in [-0.3, -0.25) is 4.79 Å². The Labute approximate surface area is 209 Å². The van der Waals surface area contributed by atoms with Crippen molar-refractivity contribution in [2.24, 2.45) is 10.5 Å². The number of anilines is 3. The molecule has 0 aliphatic carbocycles. The number of halogens is 2. The number of para-hydroxylation sites is 1. The highest BCUT2D eigenvalue weighted by Crippen LogP contribution is 2.49. The van der Waals surface area contributed by atoms with Gasteiger partial charge in [-0.15, -0.1) is 0 Å². The number of amides is 1. The molecule has 3 aliphatic rings. The van der Waals surface area contributed by atoms with Crippen molar-refractivity contribution in [2.75, 3.05) is 34.4 Å². The lowest BCUT2D eigenvalue weighted by atomic mass is 9.67. The summed E-state index contributed by atoms with van der Waals surface area (Å²) in [5.74, 6) is 0.0275. The number of rotatable bonds is 2. The van der Waals surface area contributed by atoms with Crippen molar-refractivity contribution >= 4 is 51.9 Å². The second-order valence-electron chi connectivity index (χ2n) is 9.19. The first kappa shape index (κ1) is 21.5.